The Bertz CT molecular complexity index is 347. The van der Waals surface area contributed by atoms with Crippen molar-refractivity contribution in [3.63, 3.8) is 0 Å². The Morgan fingerprint density at radius 2 is 1.87 bits per heavy atom. The molecule has 15 heavy (non-hydrogen) atoms. The van der Waals surface area contributed by atoms with E-state index in [1.807, 2.05) is 18.2 Å². The van der Waals surface area contributed by atoms with Gasteiger partial charge in [-0.15, -0.1) is 0 Å². The van der Waals surface area contributed by atoms with Crippen LogP contribution in [0, 0.1) is 5.92 Å². The molecule has 82 valence electrons. The van der Waals surface area contributed by atoms with Gasteiger partial charge in [0.25, 0.3) is 0 Å². The van der Waals surface area contributed by atoms with Crippen LogP contribution in [0.3, 0.4) is 0 Å². The summed E-state index contributed by atoms with van der Waals surface area (Å²) in [5.41, 5.74) is 7.25. The zero-order valence-electron chi connectivity index (χ0n) is 9.19. The quantitative estimate of drug-likeness (QED) is 0.822. The van der Waals surface area contributed by atoms with Crippen LogP contribution in [0.15, 0.2) is 18.2 Å². The van der Waals surface area contributed by atoms with Gasteiger partial charge in [-0.1, -0.05) is 6.07 Å². The monoisotopic (exact) mass is 207 g/mol. The number of ether oxygens (including phenoxy) is 2. The maximum absolute atomic E-state index is 6.12. The molecule has 3 heteroatoms. The van der Waals surface area contributed by atoms with Gasteiger partial charge in [0.1, 0.15) is 0 Å². The second-order valence-electron chi connectivity index (χ2n) is 3.98. The van der Waals surface area contributed by atoms with Crippen molar-refractivity contribution >= 4 is 0 Å². The van der Waals surface area contributed by atoms with Crippen molar-refractivity contribution in [3.05, 3.63) is 23.8 Å². The molecular formula is C12H17NO2. The summed E-state index contributed by atoms with van der Waals surface area (Å²) in [4.78, 5) is 0. The largest absolute Gasteiger partial charge is 0.493 e. The fourth-order valence-electron chi connectivity index (χ4n) is 1.79. The highest BCUT2D eigenvalue weighted by atomic mass is 16.5. The second-order valence-corrected chi connectivity index (χ2v) is 3.98. The molecule has 1 aliphatic rings. The van der Waals surface area contributed by atoms with E-state index in [1.165, 1.54) is 12.8 Å². The lowest BCUT2D eigenvalue weighted by molar-refractivity contribution is 0.354. The van der Waals surface area contributed by atoms with E-state index >= 15 is 0 Å². The fourth-order valence-corrected chi connectivity index (χ4v) is 1.79. The minimum absolute atomic E-state index is 0.143. The zero-order valence-corrected chi connectivity index (χ0v) is 9.19. The molecule has 2 rings (SSSR count). The molecule has 0 amide bonds. The lowest BCUT2D eigenvalue weighted by Gasteiger charge is -2.14. The Labute approximate surface area is 90.2 Å². The summed E-state index contributed by atoms with van der Waals surface area (Å²) in [6.45, 7) is 0. The summed E-state index contributed by atoms with van der Waals surface area (Å²) >= 11 is 0. The Morgan fingerprint density at radius 1 is 1.20 bits per heavy atom. The summed E-state index contributed by atoms with van der Waals surface area (Å²) < 4.78 is 10.4. The van der Waals surface area contributed by atoms with Crippen LogP contribution in [0.25, 0.3) is 0 Å². The fraction of sp³-hybridized carbons (Fsp3) is 0.500. The van der Waals surface area contributed by atoms with Crippen LogP contribution >= 0.6 is 0 Å². The number of methoxy groups -OCH3 is 2. The van der Waals surface area contributed by atoms with Crippen LogP contribution in [0.4, 0.5) is 0 Å². The Hall–Kier alpha value is -1.22. The molecule has 0 bridgehead atoms. The molecule has 0 unspecified atom stereocenters. The standard InChI is InChI=1S/C12H17NO2/c1-14-10-6-5-9(7-11(10)15-2)12(13)8-3-4-8/h5-8,12H,3-4,13H2,1-2H3/t12-/m1/s1. The molecule has 1 aromatic carbocycles. The molecule has 0 radical (unpaired) electrons. The van der Waals surface area contributed by atoms with E-state index < -0.39 is 0 Å². The molecule has 1 aromatic rings. The summed E-state index contributed by atoms with van der Waals surface area (Å²) in [6, 6.07) is 6.05. The molecular weight excluding hydrogens is 190 g/mol. The van der Waals surface area contributed by atoms with Gasteiger partial charge in [0.15, 0.2) is 11.5 Å². The summed E-state index contributed by atoms with van der Waals surface area (Å²) in [6.07, 6.45) is 2.49. The minimum Gasteiger partial charge on any atom is -0.493 e. The van der Waals surface area contributed by atoms with Crippen LogP contribution in [0.2, 0.25) is 0 Å². The smallest absolute Gasteiger partial charge is 0.161 e. The molecule has 1 saturated carbocycles. The van der Waals surface area contributed by atoms with Crippen molar-refractivity contribution in [1.29, 1.82) is 0 Å². The van der Waals surface area contributed by atoms with Crippen LogP contribution in [-0.4, -0.2) is 14.2 Å². The summed E-state index contributed by atoms with van der Waals surface area (Å²) in [5.74, 6) is 2.17. The Kier molecular flexibility index (Phi) is 2.82. The molecule has 0 aliphatic heterocycles. The van der Waals surface area contributed by atoms with Gasteiger partial charge in [0.05, 0.1) is 14.2 Å². The first kappa shape index (κ1) is 10.3. The third kappa shape index (κ3) is 2.07. The number of hydrogen-bond acceptors (Lipinski definition) is 3. The molecule has 0 heterocycles. The van der Waals surface area contributed by atoms with Gasteiger partial charge in [-0.05, 0) is 36.5 Å². The summed E-state index contributed by atoms with van der Waals surface area (Å²) in [7, 11) is 3.28. The lowest BCUT2D eigenvalue weighted by atomic mass is 10.0. The molecule has 1 fully saturated rings. The maximum Gasteiger partial charge on any atom is 0.161 e. The number of benzene rings is 1. The number of hydrogen-bond donors (Lipinski definition) is 1. The van der Waals surface area contributed by atoms with E-state index in [9.17, 15) is 0 Å². The van der Waals surface area contributed by atoms with Gasteiger partial charge < -0.3 is 15.2 Å². The first-order valence-electron chi connectivity index (χ1n) is 5.23. The molecule has 1 aliphatic carbocycles. The highest BCUT2D eigenvalue weighted by Gasteiger charge is 2.29. The predicted octanol–water partition coefficient (Wildman–Crippen LogP) is 2.11. The van der Waals surface area contributed by atoms with Gasteiger partial charge >= 0.3 is 0 Å². The number of rotatable bonds is 4. The second kappa shape index (κ2) is 4.11. The van der Waals surface area contributed by atoms with E-state index in [0.717, 1.165) is 17.1 Å². The molecule has 2 N–H and O–H groups in total. The molecule has 0 spiro atoms. The minimum atomic E-state index is 0.143. The van der Waals surface area contributed by atoms with E-state index in [4.69, 9.17) is 15.2 Å². The van der Waals surface area contributed by atoms with Gasteiger partial charge in [-0.3, -0.25) is 0 Å². The van der Waals surface area contributed by atoms with Crippen molar-refractivity contribution in [3.8, 4) is 11.5 Å². The first-order chi connectivity index (χ1) is 7.26. The van der Waals surface area contributed by atoms with E-state index in [1.54, 1.807) is 14.2 Å². The van der Waals surface area contributed by atoms with Gasteiger partial charge in [-0.2, -0.15) is 0 Å². The predicted molar refractivity (Wildman–Crippen MR) is 59.2 cm³/mol. The van der Waals surface area contributed by atoms with Crippen LogP contribution < -0.4 is 15.2 Å². The van der Waals surface area contributed by atoms with Crippen molar-refractivity contribution in [2.45, 2.75) is 18.9 Å². The first-order valence-corrected chi connectivity index (χ1v) is 5.23. The van der Waals surface area contributed by atoms with Crippen LogP contribution in [0.1, 0.15) is 24.4 Å². The third-order valence-electron chi connectivity index (χ3n) is 2.92. The Balaban J connectivity index is 2.25. The highest BCUT2D eigenvalue weighted by Crippen LogP contribution is 2.41. The summed E-state index contributed by atoms with van der Waals surface area (Å²) in [5, 5.41) is 0. The van der Waals surface area contributed by atoms with Crippen molar-refractivity contribution < 1.29 is 9.47 Å². The average molecular weight is 207 g/mol. The van der Waals surface area contributed by atoms with E-state index in [-0.39, 0.29) is 6.04 Å². The number of nitrogens with two attached hydrogens (primary N) is 1. The average Bonchev–Trinajstić information content (AvgIpc) is 3.11. The zero-order chi connectivity index (χ0) is 10.8. The van der Waals surface area contributed by atoms with Gasteiger partial charge in [0, 0.05) is 6.04 Å². The van der Waals surface area contributed by atoms with E-state index in [0.29, 0.717) is 5.92 Å². The Morgan fingerprint density at radius 3 is 2.40 bits per heavy atom. The SMILES string of the molecule is COc1ccc([C@H](N)C2CC2)cc1OC. The molecule has 1 atom stereocenters. The van der Waals surface area contributed by atoms with Crippen molar-refractivity contribution in [2.24, 2.45) is 11.7 Å². The van der Waals surface area contributed by atoms with Crippen molar-refractivity contribution in [2.75, 3.05) is 14.2 Å². The molecule has 0 saturated heterocycles. The normalized spacial score (nSPS) is 17.3. The lowest BCUT2D eigenvalue weighted by Crippen LogP contribution is -2.12. The van der Waals surface area contributed by atoms with Crippen LogP contribution in [-0.2, 0) is 0 Å². The topological polar surface area (TPSA) is 44.5 Å². The van der Waals surface area contributed by atoms with Gasteiger partial charge in [-0.25, -0.2) is 0 Å². The molecule has 3 nitrogen and oxygen atoms in total. The highest BCUT2D eigenvalue weighted by molar-refractivity contribution is 5.44. The van der Waals surface area contributed by atoms with E-state index in [2.05, 4.69) is 0 Å². The van der Waals surface area contributed by atoms with Crippen LogP contribution in [0.5, 0.6) is 11.5 Å². The van der Waals surface area contributed by atoms with Crippen molar-refractivity contribution in [1.82, 2.24) is 0 Å². The maximum atomic E-state index is 6.12. The van der Waals surface area contributed by atoms with Gasteiger partial charge in [0.2, 0.25) is 0 Å². The molecule has 0 aromatic heterocycles. The third-order valence-corrected chi connectivity index (χ3v) is 2.92.